The van der Waals surface area contributed by atoms with Crippen LogP contribution in [0.3, 0.4) is 0 Å². The molecule has 0 spiro atoms. The van der Waals surface area contributed by atoms with E-state index in [1.807, 2.05) is 66.8 Å². The minimum absolute atomic E-state index is 0.0226. The molecule has 2 aromatic carbocycles. The first-order valence-corrected chi connectivity index (χ1v) is 10.9. The van der Waals surface area contributed by atoms with E-state index in [-0.39, 0.29) is 17.7 Å². The summed E-state index contributed by atoms with van der Waals surface area (Å²) < 4.78 is 0. The summed E-state index contributed by atoms with van der Waals surface area (Å²) >= 11 is 0. The molecule has 1 atom stereocenters. The Morgan fingerprint density at radius 1 is 1.03 bits per heavy atom. The normalized spacial score (nSPS) is 15.0. The molecule has 0 radical (unpaired) electrons. The van der Waals surface area contributed by atoms with E-state index >= 15 is 0 Å². The molecular weight excluding hydrogens is 414 g/mol. The standard InChI is InChI=1S/C27H29N3O3/c1-4-17-29(20(2)31)19-24-11-9-22(10-12-24)7-8-23-13-15-25(16-14-23)28-27(33)26-6-5-18-30(26)21(3)32/h4-16,26H,1,17-19H2,2-3H3,(H,28,33)/b8-7+/t26-/m0/s1. The summed E-state index contributed by atoms with van der Waals surface area (Å²) in [4.78, 5) is 39.1. The molecule has 6 heteroatoms. The molecule has 0 aromatic heterocycles. The zero-order valence-corrected chi connectivity index (χ0v) is 19.0. The molecule has 0 saturated carbocycles. The summed E-state index contributed by atoms with van der Waals surface area (Å²) in [5.74, 6) is -0.324. The van der Waals surface area contributed by atoms with Crippen LogP contribution in [0.4, 0.5) is 5.69 Å². The first-order chi connectivity index (χ1) is 15.9. The summed E-state index contributed by atoms with van der Waals surface area (Å²) in [7, 11) is 0. The van der Waals surface area contributed by atoms with Crippen molar-refractivity contribution in [1.29, 1.82) is 0 Å². The summed E-state index contributed by atoms with van der Waals surface area (Å²) in [6.07, 6.45) is 9.31. The molecule has 0 unspecified atom stereocenters. The van der Waals surface area contributed by atoms with Gasteiger partial charge >= 0.3 is 0 Å². The Labute approximate surface area is 194 Å². The quantitative estimate of drug-likeness (QED) is 0.493. The lowest BCUT2D eigenvalue weighted by molar-refractivity contribution is -0.134. The average Bonchev–Trinajstić information content (AvgIpc) is 3.30. The van der Waals surface area contributed by atoms with E-state index in [1.165, 1.54) is 11.8 Å². The second kappa shape index (κ2) is 11.1. The molecule has 0 fully saturated rings. The summed E-state index contributed by atoms with van der Waals surface area (Å²) in [5, 5.41) is 2.87. The van der Waals surface area contributed by atoms with Crippen molar-refractivity contribution >= 4 is 35.6 Å². The zero-order chi connectivity index (χ0) is 23.8. The van der Waals surface area contributed by atoms with Crippen molar-refractivity contribution in [2.45, 2.75) is 26.4 Å². The summed E-state index contributed by atoms with van der Waals surface area (Å²) in [6.45, 7) is 8.26. The molecule has 0 bridgehead atoms. The molecule has 0 saturated heterocycles. The van der Waals surface area contributed by atoms with Crippen molar-refractivity contribution in [3.05, 3.63) is 90.0 Å². The van der Waals surface area contributed by atoms with Crippen LogP contribution in [0.5, 0.6) is 0 Å². The van der Waals surface area contributed by atoms with E-state index < -0.39 is 6.04 Å². The molecular formula is C27H29N3O3. The Balaban J connectivity index is 1.57. The Kier molecular flexibility index (Phi) is 7.97. The average molecular weight is 444 g/mol. The van der Waals surface area contributed by atoms with Gasteiger partial charge in [0.15, 0.2) is 0 Å². The fourth-order valence-corrected chi connectivity index (χ4v) is 3.58. The third-order valence-electron chi connectivity index (χ3n) is 5.42. The number of nitrogens with zero attached hydrogens (tertiary/aromatic N) is 2. The molecule has 1 N–H and O–H groups in total. The highest BCUT2D eigenvalue weighted by molar-refractivity contribution is 5.98. The lowest BCUT2D eigenvalue weighted by Crippen LogP contribution is -2.42. The molecule has 33 heavy (non-hydrogen) atoms. The maximum Gasteiger partial charge on any atom is 0.251 e. The van der Waals surface area contributed by atoms with Gasteiger partial charge in [-0.2, -0.15) is 0 Å². The number of hydrogen-bond acceptors (Lipinski definition) is 3. The van der Waals surface area contributed by atoms with Crippen LogP contribution < -0.4 is 5.32 Å². The summed E-state index contributed by atoms with van der Waals surface area (Å²) in [6, 6.07) is 15.0. The van der Waals surface area contributed by atoms with Crippen LogP contribution in [0.2, 0.25) is 0 Å². The van der Waals surface area contributed by atoms with Gasteiger partial charge in [0.05, 0.1) is 0 Å². The fourth-order valence-electron chi connectivity index (χ4n) is 3.58. The van der Waals surface area contributed by atoms with Gasteiger partial charge in [-0.05, 0) is 28.8 Å². The van der Waals surface area contributed by atoms with Crippen molar-refractivity contribution in [2.75, 3.05) is 18.4 Å². The van der Waals surface area contributed by atoms with Crippen LogP contribution in [0.1, 0.15) is 30.5 Å². The van der Waals surface area contributed by atoms with Crippen LogP contribution in [0.15, 0.2) is 73.3 Å². The number of carbonyl (C=O) groups excluding carboxylic acids is 3. The van der Waals surface area contributed by atoms with Gasteiger partial charge in [-0.1, -0.05) is 66.8 Å². The molecule has 170 valence electrons. The maximum atomic E-state index is 12.5. The van der Waals surface area contributed by atoms with E-state index in [1.54, 1.807) is 24.0 Å². The van der Waals surface area contributed by atoms with Crippen LogP contribution in [0, 0.1) is 0 Å². The highest BCUT2D eigenvalue weighted by Crippen LogP contribution is 2.17. The van der Waals surface area contributed by atoms with E-state index in [2.05, 4.69) is 11.9 Å². The number of anilines is 1. The first-order valence-electron chi connectivity index (χ1n) is 10.9. The Morgan fingerprint density at radius 2 is 1.64 bits per heavy atom. The van der Waals surface area contributed by atoms with Gasteiger partial charge in [0.1, 0.15) is 6.04 Å². The van der Waals surface area contributed by atoms with Crippen molar-refractivity contribution in [3.63, 3.8) is 0 Å². The number of benzene rings is 2. The van der Waals surface area contributed by atoms with Crippen LogP contribution in [0.25, 0.3) is 12.2 Å². The number of hydrogen-bond donors (Lipinski definition) is 1. The molecule has 2 aromatic rings. The third kappa shape index (κ3) is 6.53. The van der Waals surface area contributed by atoms with Crippen molar-refractivity contribution in [3.8, 4) is 0 Å². The van der Waals surface area contributed by atoms with Crippen molar-refractivity contribution in [1.82, 2.24) is 9.80 Å². The molecule has 6 nitrogen and oxygen atoms in total. The molecule has 1 aliphatic heterocycles. The highest BCUT2D eigenvalue weighted by atomic mass is 16.2. The largest absolute Gasteiger partial charge is 0.335 e. The minimum Gasteiger partial charge on any atom is -0.335 e. The number of amides is 3. The molecule has 0 aliphatic carbocycles. The van der Waals surface area contributed by atoms with Gasteiger partial charge in [0, 0.05) is 39.2 Å². The zero-order valence-electron chi connectivity index (χ0n) is 19.0. The lowest BCUT2D eigenvalue weighted by atomic mass is 10.1. The predicted octanol–water partition coefficient (Wildman–Crippen LogP) is 4.12. The Hall–Kier alpha value is -3.93. The second-order valence-corrected chi connectivity index (χ2v) is 7.92. The van der Waals surface area contributed by atoms with Crippen LogP contribution in [-0.4, -0.2) is 46.7 Å². The predicted molar refractivity (Wildman–Crippen MR) is 132 cm³/mol. The van der Waals surface area contributed by atoms with E-state index in [4.69, 9.17) is 0 Å². The first kappa shape index (κ1) is 23.7. The maximum absolute atomic E-state index is 12.5. The Morgan fingerprint density at radius 3 is 2.18 bits per heavy atom. The molecule has 3 amide bonds. The monoisotopic (exact) mass is 443 g/mol. The smallest absolute Gasteiger partial charge is 0.251 e. The van der Waals surface area contributed by atoms with Gasteiger partial charge in [0.2, 0.25) is 11.8 Å². The second-order valence-electron chi connectivity index (χ2n) is 7.92. The highest BCUT2D eigenvalue weighted by Gasteiger charge is 2.28. The third-order valence-corrected chi connectivity index (χ3v) is 5.42. The number of nitrogens with one attached hydrogen (secondary N) is 1. The van der Waals surface area contributed by atoms with E-state index in [0.29, 0.717) is 25.3 Å². The van der Waals surface area contributed by atoms with Gasteiger partial charge in [-0.15, -0.1) is 6.58 Å². The van der Waals surface area contributed by atoms with E-state index in [9.17, 15) is 14.4 Å². The molecule has 1 heterocycles. The SMILES string of the molecule is C=CCN(Cc1ccc(/C=C/c2ccc(NC(=O)[C@@H]3C=CCN3C(C)=O)cc2)cc1)C(C)=O. The summed E-state index contributed by atoms with van der Waals surface area (Å²) in [5.41, 5.74) is 3.79. The fraction of sp³-hybridized carbons (Fsp3) is 0.222. The van der Waals surface area contributed by atoms with Gasteiger partial charge < -0.3 is 15.1 Å². The van der Waals surface area contributed by atoms with E-state index in [0.717, 1.165) is 16.7 Å². The number of carbonyl (C=O) groups is 3. The Bertz CT molecular complexity index is 1070. The van der Waals surface area contributed by atoms with Crippen molar-refractivity contribution in [2.24, 2.45) is 0 Å². The topological polar surface area (TPSA) is 69.7 Å². The van der Waals surface area contributed by atoms with Crippen molar-refractivity contribution < 1.29 is 14.4 Å². The number of rotatable bonds is 8. The molecule has 1 aliphatic rings. The van der Waals surface area contributed by atoms with Gasteiger partial charge in [-0.25, -0.2) is 0 Å². The van der Waals surface area contributed by atoms with Gasteiger partial charge in [-0.3, -0.25) is 14.4 Å². The molecule has 3 rings (SSSR count). The van der Waals surface area contributed by atoms with Crippen LogP contribution >= 0.6 is 0 Å². The lowest BCUT2D eigenvalue weighted by Gasteiger charge is -2.22. The minimum atomic E-state index is -0.565. The van der Waals surface area contributed by atoms with Gasteiger partial charge in [0.25, 0.3) is 5.91 Å². The van der Waals surface area contributed by atoms with Crippen LogP contribution in [-0.2, 0) is 20.9 Å².